The topological polar surface area (TPSA) is 47.7 Å². The lowest BCUT2D eigenvalue weighted by Crippen LogP contribution is -2.09. The van der Waals surface area contributed by atoms with E-state index >= 15 is 0 Å². The van der Waals surface area contributed by atoms with Gasteiger partial charge in [-0.25, -0.2) is 0 Å². The maximum absolute atomic E-state index is 8.14. The Kier molecular flexibility index (Phi) is 6.19. The number of aryl methyl sites for hydroxylation is 1. The predicted octanol–water partition coefficient (Wildman–Crippen LogP) is 8.60. The van der Waals surface area contributed by atoms with Crippen molar-refractivity contribution in [2.24, 2.45) is 0 Å². The molecule has 1 aliphatic rings. The molecule has 0 saturated carbocycles. The molecule has 0 aromatic heterocycles. The molecule has 0 bridgehead atoms. The van der Waals surface area contributed by atoms with Crippen LogP contribution in [-0.2, 0) is 0 Å². The van der Waals surface area contributed by atoms with Crippen LogP contribution >= 0.6 is 0 Å². The van der Waals surface area contributed by atoms with Gasteiger partial charge in [0, 0.05) is 0 Å². The maximum atomic E-state index is 8.14. The zero-order valence-electron chi connectivity index (χ0n) is 19.6. The molecule has 0 aliphatic heterocycles. The smallest absolute Gasteiger partial charge is 0.0795 e. The van der Waals surface area contributed by atoms with E-state index in [0.717, 1.165) is 38.6 Å². The van der Waals surface area contributed by atoms with Gasteiger partial charge in [-0.05, 0) is 74.9 Å². The van der Waals surface area contributed by atoms with Crippen LogP contribution in [0.1, 0.15) is 11.1 Å². The van der Waals surface area contributed by atoms with Crippen LogP contribution in [0.4, 0.5) is 0 Å². The van der Waals surface area contributed by atoms with Crippen molar-refractivity contribution in [3.63, 3.8) is 0 Å². The molecular weight excluding hydrogens is 424 g/mol. The molecule has 0 radical (unpaired) electrons. The average molecular weight is 451 g/mol. The SMILES string of the molecule is Cc1cccccc(-c2ccccc2)c2ccc(C3=CC(=N)C(=N)C=C3)cc2c1-c1ccccc1. The van der Waals surface area contributed by atoms with E-state index in [0.29, 0.717) is 0 Å². The van der Waals surface area contributed by atoms with Crippen molar-refractivity contribution >= 4 is 27.8 Å². The Labute approximate surface area is 206 Å². The largest absolute Gasteiger partial charge is 0.299 e. The summed E-state index contributed by atoms with van der Waals surface area (Å²) in [6.45, 7) is 2.16. The van der Waals surface area contributed by atoms with E-state index in [4.69, 9.17) is 10.8 Å². The highest BCUT2D eigenvalue weighted by Gasteiger charge is 2.13. The van der Waals surface area contributed by atoms with Crippen molar-refractivity contribution in [3.8, 4) is 22.3 Å². The van der Waals surface area contributed by atoms with Gasteiger partial charge in [0.05, 0.1) is 11.4 Å². The Bertz CT molecular complexity index is 1560. The van der Waals surface area contributed by atoms with Crippen molar-refractivity contribution in [2.45, 2.75) is 6.92 Å². The van der Waals surface area contributed by atoms with Crippen LogP contribution in [-0.4, -0.2) is 11.4 Å². The molecule has 168 valence electrons. The molecule has 0 spiro atoms. The van der Waals surface area contributed by atoms with E-state index in [2.05, 4.69) is 104 Å². The van der Waals surface area contributed by atoms with Crippen LogP contribution < -0.4 is 0 Å². The molecule has 2 heteroatoms. The van der Waals surface area contributed by atoms with Gasteiger partial charge in [0.2, 0.25) is 0 Å². The predicted molar refractivity (Wildman–Crippen MR) is 150 cm³/mol. The highest BCUT2D eigenvalue weighted by atomic mass is 14.5. The second-order valence-corrected chi connectivity index (χ2v) is 8.64. The number of hydrogen-bond acceptors (Lipinski definition) is 2. The lowest BCUT2D eigenvalue weighted by Gasteiger charge is -2.14. The van der Waals surface area contributed by atoms with E-state index in [-0.39, 0.29) is 11.4 Å². The third-order valence-corrected chi connectivity index (χ3v) is 6.30. The normalized spacial score (nSPS) is 12.9. The lowest BCUT2D eigenvalue weighted by atomic mass is 9.89. The highest BCUT2D eigenvalue weighted by molar-refractivity contribution is 6.50. The number of fused-ring (bicyclic) bond motifs is 1. The molecule has 0 fully saturated rings. The first kappa shape index (κ1) is 22.2. The summed E-state index contributed by atoms with van der Waals surface area (Å²) >= 11 is 0. The molecule has 2 N–H and O–H groups in total. The molecule has 4 aromatic rings. The summed E-state index contributed by atoms with van der Waals surface area (Å²) in [7, 11) is 0. The van der Waals surface area contributed by atoms with Crippen molar-refractivity contribution in [1.29, 1.82) is 10.8 Å². The molecule has 2 nitrogen and oxygen atoms in total. The van der Waals surface area contributed by atoms with Crippen LogP contribution in [0.3, 0.4) is 0 Å². The molecular formula is C33H26N2. The standard InChI is InChI=1S/C33H26N2/c1-23-11-5-2-10-16-28(24-12-6-3-7-13-24)29-19-17-26(27-18-20-31(34)32(35)22-27)21-30(29)33(23)25-14-8-4-9-15-25/h2-22,34-35H,1H3. The molecule has 0 unspecified atom stereocenters. The molecule has 35 heavy (non-hydrogen) atoms. The number of rotatable bonds is 3. The minimum atomic E-state index is 0.232. The van der Waals surface area contributed by atoms with Crippen LogP contribution in [0, 0.1) is 17.7 Å². The zero-order valence-corrected chi connectivity index (χ0v) is 19.6. The first-order valence-electron chi connectivity index (χ1n) is 11.7. The number of nitrogens with one attached hydrogen (secondary N) is 2. The molecule has 0 amide bonds. The van der Waals surface area contributed by atoms with E-state index in [1.165, 1.54) is 11.1 Å². The molecule has 0 heterocycles. The summed E-state index contributed by atoms with van der Waals surface area (Å²) in [6, 6.07) is 38.2. The molecule has 1 aliphatic carbocycles. The number of hydrogen-bond donors (Lipinski definition) is 2. The minimum absolute atomic E-state index is 0.232. The summed E-state index contributed by atoms with van der Waals surface area (Å²) in [5.74, 6) is 0. The Morgan fingerprint density at radius 1 is 0.514 bits per heavy atom. The van der Waals surface area contributed by atoms with Gasteiger partial charge in [-0.2, -0.15) is 0 Å². The second-order valence-electron chi connectivity index (χ2n) is 8.64. The average Bonchev–Trinajstić information content (AvgIpc) is 2.89. The first-order valence-corrected chi connectivity index (χ1v) is 11.7. The van der Waals surface area contributed by atoms with E-state index in [1.54, 1.807) is 12.2 Å². The molecule has 5 rings (SSSR count). The summed E-state index contributed by atoms with van der Waals surface area (Å²) in [4.78, 5) is 0. The van der Waals surface area contributed by atoms with Gasteiger partial charge in [0.1, 0.15) is 0 Å². The van der Waals surface area contributed by atoms with Gasteiger partial charge in [0.15, 0.2) is 0 Å². The van der Waals surface area contributed by atoms with Crippen LogP contribution in [0.5, 0.6) is 0 Å². The van der Waals surface area contributed by atoms with Crippen molar-refractivity contribution < 1.29 is 0 Å². The molecule has 4 aromatic carbocycles. The molecule has 0 atom stereocenters. The number of benzene rings is 3. The molecule has 0 saturated heterocycles. The summed E-state index contributed by atoms with van der Waals surface area (Å²) in [6.07, 6.45) is 5.41. The van der Waals surface area contributed by atoms with Crippen LogP contribution in [0.25, 0.3) is 38.6 Å². The van der Waals surface area contributed by atoms with E-state index in [1.807, 2.05) is 18.2 Å². The Morgan fingerprint density at radius 3 is 1.83 bits per heavy atom. The minimum Gasteiger partial charge on any atom is -0.299 e. The quantitative estimate of drug-likeness (QED) is 0.294. The fraction of sp³-hybridized carbons (Fsp3) is 0.0303. The third-order valence-electron chi connectivity index (χ3n) is 6.30. The van der Waals surface area contributed by atoms with Gasteiger partial charge >= 0.3 is 0 Å². The van der Waals surface area contributed by atoms with Gasteiger partial charge in [-0.15, -0.1) is 0 Å². The van der Waals surface area contributed by atoms with Crippen LogP contribution in [0.15, 0.2) is 127 Å². The number of allylic oxidation sites excluding steroid dienone is 4. The third kappa shape index (κ3) is 4.60. The fourth-order valence-corrected chi connectivity index (χ4v) is 4.55. The monoisotopic (exact) mass is 450 g/mol. The zero-order chi connectivity index (χ0) is 24.2. The van der Waals surface area contributed by atoms with Crippen molar-refractivity contribution in [2.75, 3.05) is 0 Å². The summed E-state index contributed by atoms with van der Waals surface area (Å²) < 4.78 is 0. The van der Waals surface area contributed by atoms with Gasteiger partial charge in [0.25, 0.3) is 0 Å². The van der Waals surface area contributed by atoms with E-state index in [9.17, 15) is 0 Å². The second kappa shape index (κ2) is 9.74. The highest BCUT2D eigenvalue weighted by Crippen LogP contribution is 2.36. The fourth-order valence-electron chi connectivity index (χ4n) is 4.55. The Balaban J connectivity index is 1.93. The lowest BCUT2D eigenvalue weighted by molar-refractivity contribution is 1.48. The maximum Gasteiger partial charge on any atom is 0.0795 e. The van der Waals surface area contributed by atoms with Gasteiger partial charge in [-0.1, -0.05) is 109 Å². The Morgan fingerprint density at radius 2 is 1.14 bits per heavy atom. The van der Waals surface area contributed by atoms with Crippen LogP contribution in [0.2, 0.25) is 0 Å². The Hall–Kier alpha value is -4.56. The summed E-state index contributed by atoms with van der Waals surface area (Å²) in [5, 5.41) is 18.3. The van der Waals surface area contributed by atoms with Gasteiger partial charge in [-0.3, -0.25) is 10.8 Å². The van der Waals surface area contributed by atoms with Crippen molar-refractivity contribution in [3.05, 3.63) is 139 Å². The van der Waals surface area contributed by atoms with Crippen molar-refractivity contribution in [1.82, 2.24) is 0 Å². The first-order chi connectivity index (χ1) is 17.1. The van der Waals surface area contributed by atoms with E-state index < -0.39 is 0 Å². The van der Waals surface area contributed by atoms with Gasteiger partial charge < -0.3 is 0 Å². The summed E-state index contributed by atoms with van der Waals surface area (Å²) in [5.41, 5.74) is 8.27.